The zero-order chi connectivity index (χ0) is 15.0. The number of ether oxygens (including phenoxy) is 3. The number of rotatable bonds is 2. The number of fused-ring (bicyclic) bond motifs is 3. The van der Waals surface area contributed by atoms with Crippen LogP contribution in [-0.2, 0) is 19.1 Å². The number of carbonyl (C=O) groups is 2. The molecule has 0 aliphatic carbocycles. The van der Waals surface area contributed by atoms with Crippen LogP contribution in [0.3, 0.4) is 0 Å². The van der Waals surface area contributed by atoms with Gasteiger partial charge in [-0.25, -0.2) is 0 Å². The van der Waals surface area contributed by atoms with E-state index in [0.29, 0.717) is 6.61 Å². The number of hydrogen-bond donors (Lipinski definition) is 1. The van der Waals surface area contributed by atoms with Crippen LogP contribution < -0.4 is 10.1 Å². The first kappa shape index (κ1) is 13.9. The van der Waals surface area contributed by atoms with E-state index >= 15 is 0 Å². The Morgan fingerprint density at radius 3 is 2.62 bits per heavy atom. The van der Waals surface area contributed by atoms with Gasteiger partial charge in [-0.3, -0.25) is 14.9 Å². The largest absolute Gasteiger partial charge is 0.493 e. The lowest BCUT2D eigenvalue weighted by Gasteiger charge is -2.30. The lowest BCUT2D eigenvalue weighted by atomic mass is 9.83. The minimum absolute atomic E-state index is 0.122. The van der Waals surface area contributed by atoms with Gasteiger partial charge in [-0.1, -0.05) is 18.2 Å². The first-order valence-electron chi connectivity index (χ1n) is 6.80. The molecule has 112 valence electrons. The maximum atomic E-state index is 12.1. The Morgan fingerprint density at radius 2 is 1.90 bits per heavy atom. The van der Waals surface area contributed by atoms with E-state index in [4.69, 9.17) is 14.2 Å². The number of nitrogens with one attached hydrogen (secondary N) is 1. The van der Waals surface area contributed by atoms with Crippen LogP contribution in [0.4, 0.5) is 0 Å². The van der Waals surface area contributed by atoms with Crippen molar-refractivity contribution in [2.45, 2.75) is 12.1 Å². The lowest BCUT2D eigenvalue weighted by Crippen LogP contribution is -2.41. The predicted molar refractivity (Wildman–Crippen MR) is 72.6 cm³/mol. The van der Waals surface area contributed by atoms with Crippen LogP contribution in [-0.4, -0.2) is 38.8 Å². The number of carbonyl (C=O) groups excluding carboxylic acids is 2. The lowest BCUT2D eigenvalue weighted by molar-refractivity contribution is -0.154. The molecule has 1 saturated heterocycles. The molecule has 1 N–H and O–H groups in total. The summed E-state index contributed by atoms with van der Waals surface area (Å²) in [4.78, 5) is 24.1. The summed E-state index contributed by atoms with van der Waals surface area (Å²) in [5, 5.41) is 3.21. The Kier molecular flexibility index (Phi) is 3.55. The molecule has 4 atom stereocenters. The molecule has 2 aliphatic heterocycles. The number of esters is 2. The molecule has 0 radical (unpaired) electrons. The summed E-state index contributed by atoms with van der Waals surface area (Å²) in [6, 6.07) is 6.78. The van der Waals surface area contributed by atoms with Crippen molar-refractivity contribution < 1.29 is 23.8 Å². The molecule has 6 nitrogen and oxygen atoms in total. The summed E-state index contributed by atoms with van der Waals surface area (Å²) in [5.41, 5.74) is 0.953. The predicted octanol–water partition coefficient (Wildman–Crippen LogP) is 0.670. The first-order chi connectivity index (χ1) is 10.2. The van der Waals surface area contributed by atoms with E-state index in [1.54, 1.807) is 0 Å². The van der Waals surface area contributed by atoms with Gasteiger partial charge in [0.15, 0.2) is 0 Å². The second-order valence-corrected chi connectivity index (χ2v) is 5.21. The van der Waals surface area contributed by atoms with E-state index in [1.165, 1.54) is 14.2 Å². The van der Waals surface area contributed by atoms with Crippen LogP contribution >= 0.6 is 0 Å². The van der Waals surface area contributed by atoms with Crippen molar-refractivity contribution in [2.75, 3.05) is 20.8 Å². The van der Waals surface area contributed by atoms with Gasteiger partial charge in [0.05, 0.1) is 26.7 Å². The van der Waals surface area contributed by atoms with Gasteiger partial charge in [-0.05, 0) is 6.07 Å². The van der Waals surface area contributed by atoms with Crippen molar-refractivity contribution in [3.05, 3.63) is 29.8 Å². The van der Waals surface area contributed by atoms with E-state index < -0.39 is 23.9 Å². The van der Waals surface area contributed by atoms with Gasteiger partial charge in [-0.15, -0.1) is 0 Å². The summed E-state index contributed by atoms with van der Waals surface area (Å²) < 4.78 is 15.4. The first-order valence-corrected chi connectivity index (χ1v) is 6.80. The Balaban J connectivity index is 1.98. The summed E-state index contributed by atoms with van der Waals surface area (Å²) in [7, 11) is 2.63. The summed E-state index contributed by atoms with van der Waals surface area (Å²) in [6.45, 7) is 0.363. The van der Waals surface area contributed by atoms with Crippen molar-refractivity contribution in [3.8, 4) is 5.75 Å². The summed E-state index contributed by atoms with van der Waals surface area (Å²) >= 11 is 0. The Hall–Kier alpha value is -2.08. The average Bonchev–Trinajstić information content (AvgIpc) is 2.93. The second-order valence-electron chi connectivity index (χ2n) is 5.21. The molecule has 21 heavy (non-hydrogen) atoms. The van der Waals surface area contributed by atoms with Crippen LogP contribution in [0.2, 0.25) is 0 Å². The highest BCUT2D eigenvalue weighted by atomic mass is 16.5. The SMILES string of the molecule is COC(=O)[C@@H]1[C@H]2COc3ccccc3[C@@H]2N[C@@H]1C(=O)OC. The highest BCUT2D eigenvalue weighted by Crippen LogP contribution is 2.44. The molecule has 0 unspecified atom stereocenters. The molecule has 0 spiro atoms. The smallest absolute Gasteiger partial charge is 0.323 e. The van der Waals surface area contributed by atoms with Crippen LogP contribution in [0, 0.1) is 11.8 Å². The van der Waals surface area contributed by atoms with Gasteiger partial charge in [-0.2, -0.15) is 0 Å². The Labute approximate surface area is 122 Å². The quantitative estimate of drug-likeness (QED) is 0.807. The van der Waals surface area contributed by atoms with Crippen LogP contribution in [0.5, 0.6) is 5.75 Å². The topological polar surface area (TPSA) is 73.9 Å². The molecule has 2 aliphatic rings. The van der Waals surface area contributed by atoms with Gasteiger partial charge in [0.2, 0.25) is 0 Å². The molecule has 0 amide bonds. The highest BCUT2D eigenvalue weighted by Gasteiger charge is 2.53. The maximum absolute atomic E-state index is 12.1. The van der Waals surface area contributed by atoms with Crippen molar-refractivity contribution >= 4 is 11.9 Å². The average molecular weight is 291 g/mol. The molecular weight excluding hydrogens is 274 g/mol. The highest BCUT2D eigenvalue weighted by molar-refractivity contribution is 5.86. The molecule has 2 heterocycles. The van der Waals surface area contributed by atoms with E-state index in [9.17, 15) is 9.59 Å². The minimum atomic E-state index is -0.716. The van der Waals surface area contributed by atoms with Gasteiger partial charge in [0.1, 0.15) is 11.8 Å². The van der Waals surface area contributed by atoms with E-state index in [2.05, 4.69) is 5.32 Å². The van der Waals surface area contributed by atoms with Crippen LogP contribution in [0.15, 0.2) is 24.3 Å². The van der Waals surface area contributed by atoms with Crippen molar-refractivity contribution in [2.24, 2.45) is 11.8 Å². The maximum Gasteiger partial charge on any atom is 0.323 e. The van der Waals surface area contributed by atoms with E-state index in [-0.39, 0.29) is 12.0 Å². The van der Waals surface area contributed by atoms with E-state index in [1.807, 2.05) is 24.3 Å². The standard InChI is InChI=1S/C15H17NO5/c1-19-14(17)11-9-7-21-10-6-4-3-5-8(10)12(9)16-13(11)15(18)20-2/h3-6,9,11-13,16H,7H2,1-2H3/t9-,11-,12+,13+/m1/s1. The molecular formula is C15H17NO5. The fourth-order valence-corrected chi connectivity index (χ4v) is 3.24. The zero-order valence-electron chi connectivity index (χ0n) is 11.9. The van der Waals surface area contributed by atoms with Gasteiger partial charge >= 0.3 is 11.9 Å². The van der Waals surface area contributed by atoms with Crippen LogP contribution in [0.1, 0.15) is 11.6 Å². The fraction of sp³-hybridized carbons (Fsp3) is 0.467. The minimum Gasteiger partial charge on any atom is -0.493 e. The van der Waals surface area contributed by atoms with Gasteiger partial charge in [0.25, 0.3) is 0 Å². The summed E-state index contributed by atoms with van der Waals surface area (Å²) in [6.07, 6.45) is 0. The molecule has 0 aromatic heterocycles. The van der Waals surface area contributed by atoms with E-state index in [0.717, 1.165) is 11.3 Å². The Bertz CT molecular complexity index is 573. The van der Waals surface area contributed by atoms with Crippen molar-refractivity contribution in [1.29, 1.82) is 0 Å². The third kappa shape index (κ3) is 2.15. The molecule has 1 aromatic rings. The molecule has 1 aromatic carbocycles. The normalized spacial score (nSPS) is 29.8. The zero-order valence-corrected chi connectivity index (χ0v) is 11.9. The van der Waals surface area contributed by atoms with Gasteiger partial charge in [0, 0.05) is 17.5 Å². The molecule has 1 fully saturated rings. The molecule has 0 bridgehead atoms. The molecule has 6 heteroatoms. The second kappa shape index (κ2) is 5.37. The number of benzene rings is 1. The Morgan fingerprint density at radius 1 is 1.19 bits per heavy atom. The third-order valence-electron chi connectivity index (χ3n) is 4.22. The number of methoxy groups -OCH3 is 2. The number of para-hydroxylation sites is 1. The molecule has 0 saturated carbocycles. The van der Waals surface area contributed by atoms with Crippen molar-refractivity contribution in [3.63, 3.8) is 0 Å². The fourth-order valence-electron chi connectivity index (χ4n) is 3.24. The van der Waals surface area contributed by atoms with Gasteiger partial charge < -0.3 is 14.2 Å². The monoisotopic (exact) mass is 291 g/mol. The molecule has 3 rings (SSSR count). The number of hydrogen-bond acceptors (Lipinski definition) is 6. The van der Waals surface area contributed by atoms with Crippen LogP contribution in [0.25, 0.3) is 0 Å². The third-order valence-corrected chi connectivity index (χ3v) is 4.22. The van der Waals surface area contributed by atoms with Crippen molar-refractivity contribution in [1.82, 2.24) is 5.32 Å². The summed E-state index contributed by atoms with van der Waals surface area (Å²) in [5.74, 6) is -0.872.